The van der Waals surface area contributed by atoms with Crippen LogP contribution in [0.25, 0.3) is 0 Å². The lowest BCUT2D eigenvalue weighted by atomic mass is 10.8. The molecule has 0 saturated carbocycles. The molecule has 1 aromatic rings. The zero-order chi connectivity index (χ0) is 4.95. The van der Waals surface area contributed by atoms with Gasteiger partial charge in [0.1, 0.15) is 6.26 Å². The molecule has 0 N–H and O–H groups in total. The molecule has 0 aliphatic heterocycles. The zero-order valence-electron chi connectivity index (χ0n) is 3.40. The molecule has 0 fully saturated rings. The van der Waals surface area contributed by atoms with Crippen LogP contribution in [0.5, 0.6) is 0 Å². The van der Waals surface area contributed by atoms with E-state index in [0.717, 1.165) is 0 Å². The molecule has 0 atom stereocenters. The Labute approximate surface area is 38.9 Å². The van der Waals surface area contributed by atoms with E-state index in [2.05, 4.69) is 19.2 Å². The molecule has 4 heteroatoms. The first-order valence-corrected chi connectivity index (χ1v) is 1.68. The van der Waals surface area contributed by atoms with Crippen LogP contribution in [0.1, 0.15) is 0 Å². The van der Waals surface area contributed by atoms with Crippen molar-refractivity contribution in [3.8, 4) is 0 Å². The van der Waals surface area contributed by atoms with Gasteiger partial charge in [0.05, 0.1) is 6.20 Å². The van der Waals surface area contributed by atoms with Crippen molar-refractivity contribution in [2.45, 2.75) is 0 Å². The summed E-state index contributed by atoms with van der Waals surface area (Å²) < 4.78 is 12.1. The number of hydrogen-bond donors (Lipinski definition) is 0. The first kappa shape index (κ1) is 3.98. The van der Waals surface area contributed by atoms with Crippen molar-refractivity contribution in [3.05, 3.63) is 18.5 Å². The summed E-state index contributed by atoms with van der Waals surface area (Å²) in [4.78, 5) is 0. The normalized spacial score (nSPS) is 8.00. The van der Waals surface area contributed by atoms with Gasteiger partial charge in [-0.2, -0.15) is 0 Å². The summed E-state index contributed by atoms with van der Waals surface area (Å²) in [6.45, 7) is 0. The summed E-state index contributed by atoms with van der Waals surface area (Å²) in [7, 11) is 0. The van der Waals surface area contributed by atoms with Gasteiger partial charge in [-0.1, -0.05) is 4.74 Å². The molecule has 0 aliphatic carbocycles. The Morgan fingerprint density at radius 3 is 3.43 bits per heavy atom. The third-order valence-electron chi connectivity index (χ3n) is 0.394. The molecule has 38 valence electrons. The molecular weight excluding hydrogens is 98.0 g/mol. The fourth-order valence-electron chi connectivity index (χ4n) is 0.185. The van der Waals surface area contributed by atoms with Crippen molar-refractivity contribution in [2.24, 2.45) is 0 Å². The Balaban J connectivity index is 3.06. The van der Waals surface area contributed by atoms with Crippen LogP contribution in [-0.4, -0.2) is 5.16 Å². The molecule has 0 saturated heterocycles. The van der Waals surface area contributed by atoms with Gasteiger partial charge in [0.2, 0.25) is 0 Å². The number of hydrogen-bond acceptors (Lipinski definition) is 4. The minimum atomic E-state index is 1.30. The van der Waals surface area contributed by atoms with Crippen LogP contribution in [0.4, 0.5) is 0 Å². The SMILES string of the molecule is c1cnoooc1. The van der Waals surface area contributed by atoms with Crippen LogP contribution in [0.2, 0.25) is 0 Å². The van der Waals surface area contributed by atoms with Crippen molar-refractivity contribution in [2.75, 3.05) is 0 Å². The van der Waals surface area contributed by atoms with Gasteiger partial charge >= 0.3 is 0 Å². The van der Waals surface area contributed by atoms with Crippen LogP contribution in [-0.2, 0) is 0 Å². The number of rotatable bonds is 0. The van der Waals surface area contributed by atoms with E-state index in [1.165, 1.54) is 18.5 Å². The summed E-state index contributed by atoms with van der Waals surface area (Å²) in [5.74, 6) is 0. The van der Waals surface area contributed by atoms with Crippen LogP contribution in [0.3, 0.4) is 0 Å². The second kappa shape index (κ2) is 2.07. The molecule has 0 aliphatic rings. The average Bonchev–Trinajstić information content (AvgIpc) is 1.90. The van der Waals surface area contributed by atoms with Crippen LogP contribution >= 0.6 is 0 Å². The highest BCUT2D eigenvalue weighted by Crippen LogP contribution is 1.74. The third-order valence-corrected chi connectivity index (χ3v) is 0.394. The Hall–Kier alpha value is -1.19. The Morgan fingerprint density at radius 1 is 1.43 bits per heavy atom. The minimum absolute atomic E-state index is 1.30. The molecule has 0 radical (unpaired) electrons. The molecular formula is C3H3NO3. The van der Waals surface area contributed by atoms with Crippen LogP contribution in [0, 0.1) is 0 Å². The van der Waals surface area contributed by atoms with E-state index >= 15 is 0 Å². The summed E-state index contributed by atoms with van der Waals surface area (Å²) in [6, 6.07) is 1.53. The predicted molar refractivity (Wildman–Crippen MR) is 18.7 cm³/mol. The number of nitrogens with zero attached hydrogens (tertiary/aromatic N) is 1. The predicted octanol–water partition coefficient (Wildman–Crippen LogP) is 0.985. The fourth-order valence-corrected chi connectivity index (χ4v) is 0.185. The second-order valence-electron chi connectivity index (χ2n) is 0.822. The molecule has 7 heavy (non-hydrogen) atoms. The molecule has 1 aromatic heterocycles. The first-order valence-electron chi connectivity index (χ1n) is 1.68. The quantitative estimate of drug-likeness (QED) is 0.457. The summed E-state index contributed by atoms with van der Waals surface area (Å²) in [6.07, 6.45) is 2.70. The minimum Gasteiger partial charge on any atom is -0.258 e. The molecule has 0 bridgehead atoms. The van der Waals surface area contributed by atoms with Gasteiger partial charge in [-0.3, -0.25) is 4.58 Å². The highest BCUT2D eigenvalue weighted by molar-refractivity contribution is 4.64. The van der Waals surface area contributed by atoms with E-state index in [1.807, 2.05) is 0 Å². The lowest BCUT2D eigenvalue weighted by Gasteiger charge is -1.57. The molecule has 4 nitrogen and oxygen atoms in total. The summed E-state index contributed by atoms with van der Waals surface area (Å²) in [5, 5.41) is 3.21. The maximum absolute atomic E-state index is 4.17. The van der Waals surface area contributed by atoms with Crippen LogP contribution < -0.4 is 0 Å². The lowest BCUT2D eigenvalue weighted by molar-refractivity contribution is -0.205. The van der Waals surface area contributed by atoms with Crippen LogP contribution in [0.15, 0.2) is 32.5 Å². The van der Waals surface area contributed by atoms with Gasteiger partial charge in [-0.25, -0.2) is 0 Å². The molecule has 0 amide bonds. The largest absolute Gasteiger partial charge is 0.258 e. The van der Waals surface area contributed by atoms with Crippen molar-refractivity contribution >= 4 is 0 Å². The van der Waals surface area contributed by atoms with Gasteiger partial charge in [-0.15, -0.1) is 4.68 Å². The fraction of sp³-hybridized carbons (Fsp3) is 0. The highest BCUT2D eigenvalue weighted by Gasteiger charge is 1.61. The zero-order valence-corrected chi connectivity index (χ0v) is 3.40. The number of aromatic nitrogens is 1. The first-order chi connectivity index (χ1) is 3.50. The lowest BCUT2D eigenvalue weighted by Crippen LogP contribution is -1.48. The van der Waals surface area contributed by atoms with E-state index < -0.39 is 0 Å². The van der Waals surface area contributed by atoms with Gasteiger partial charge in [-0.05, 0) is 11.2 Å². The molecule has 0 aromatic carbocycles. The molecule has 1 rings (SSSR count). The average molecular weight is 101 g/mol. The summed E-state index contributed by atoms with van der Waals surface area (Å²) >= 11 is 0. The topological polar surface area (TPSA) is 52.3 Å². The third kappa shape index (κ3) is 1.13. The standard InChI is InChI=1S/C3H3NO3/c1-2-4-6-7-5-3-1/h1-3H. The van der Waals surface area contributed by atoms with Gasteiger partial charge in [0.25, 0.3) is 0 Å². The van der Waals surface area contributed by atoms with Crippen molar-refractivity contribution in [3.63, 3.8) is 0 Å². The maximum Gasteiger partial charge on any atom is 0.148 e. The Morgan fingerprint density at radius 2 is 2.43 bits per heavy atom. The highest BCUT2D eigenvalue weighted by atomic mass is 17.2. The second-order valence-corrected chi connectivity index (χ2v) is 0.822. The van der Waals surface area contributed by atoms with E-state index in [1.54, 1.807) is 0 Å². The van der Waals surface area contributed by atoms with E-state index in [9.17, 15) is 0 Å². The van der Waals surface area contributed by atoms with Crippen molar-refractivity contribution < 1.29 is 14.0 Å². The van der Waals surface area contributed by atoms with Gasteiger partial charge < -0.3 is 0 Å². The van der Waals surface area contributed by atoms with Gasteiger partial charge in [0.15, 0.2) is 0 Å². The Bertz CT molecular complexity index is 98.2. The maximum atomic E-state index is 4.17. The van der Waals surface area contributed by atoms with E-state index in [0.29, 0.717) is 0 Å². The smallest absolute Gasteiger partial charge is 0.148 e. The molecule has 1 heterocycles. The molecule has 0 unspecified atom stereocenters. The van der Waals surface area contributed by atoms with E-state index in [4.69, 9.17) is 0 Å². The van der Waals surface area contributed by atoms with Crippen molar-refractivity contribution in [1.82, 2.24) is 5.16 Å². The van der Waals surface area contributed by atoms with Crippen molar-refractivity contribution in [1.29, 1.82) is 0 Å². The van der Waals surface area contributed by atoms with E-state index in [-0.39, 0.29) is 0 Å². The van der Waals surface area contributed by atoms with Gasteiger partial charge in [0, 0.05) is 0 Å². The monoisotopic (exact) mass is 101 g/mol. The summed E-state index contributed by atoms with van der Waals surface area (Å²) in [5.41, 5.74) is 0. The molecule has 0 spiro atoms. The Kier molecular flexibility index (Phi) is 1.18.